The average Bonchev–Trinajstić information content (AvgIpc) is 3.27. The third kappa shape index (κ3) is 3.10. The van der Waals surface area contributed by atoms with E-state index in [2.05, 4.69) is 34.5 Å². The Morgan fingerprint density at radius 3 is 2.30 bits per heavy atom. The van der Waals surface area contributed by atoms with Crippen LogP contribution in [-0.2, 0) is 0 Å². The topological polar surface area (TPSA) is 51.8 Å². The summed E-state index contributed by atoms with van der Waals surface area (Å²) < 4.78 is 1.09. The SMILES string of the molecule is CCCC1CCC(c2nc(N)c(I)c(C3CC3)n2)CC1. The molecule has 3 rings (SSSR count). The monoisotopic (exact) mass is 385 g/mol. The van der Waals surface area contributed by atoms with E-state index >= 15 is 0 Å². The van der Waals surface area contributed by atoms with Gasteiger partial charge in [-0.1, -0.05) is 19.8 Å². The van der Waals surface area contributed by atoms with Crippen LogP contribution in [0.1, 0.15) is 81.6 Å². The van der Waals surface area contributed by atoms with E-state index in [0.717, 1.165) is 15.3 Å². The number of nitrogens with two attached hydrogens (primary N) is 1. The van der Waals surface area contributed by atoms with Gasteiger partial charge in [0, 0.05) is 11.8 Å². The summed E-state index contributed by atoms with van der Waals surface area (Å²) >= 11 is 2.31. The lowest BCUT2D eigenvalue weighted by Crippen LogP contribution is -2.17. The first-order valence-corrected chi connectivity index (χ1v) is 9.09. The zero-order valence-electron chi connectivity index (χ0n) is 12.2. The number of hydrogen-bond donors (Lipinski definition) is 1. The summed E-state index contributed by atoms with van der Waals surface area (Å²) in [4.78, 5) is 9.49. The second-order valence-corrected chi connectivity index (χ2v) is 7.53. The Balaban J connectivity index is 1.74. The van der Waals surface area contributed by atoms with Crippen molar-refractivity contribution in [3.63, 3.8) is 0 Å². The number of hydrogen-bond acceptors (Lipinski definition) is 3. The van der Waals surface area contributed by atoms with Crippen molar-refractivity contribution in [2.24, 2.45) is 5.92 Å². The minimum Gasteiger partial charge on any atom is -0.383 e. The molecule has 4 heteroatoms. The van der Waals surface area contributed by atoms with Gasteiger partial charge in [0.1, 0.15) is 11.6 Å². The summed E-state index contributed by atoms with van der Waals surface area (Å²) in [6, 6.07) is 0. The molecule has 2 aliphatic carbocycles. The number of nitrogens with zero attached hydrogens (tertiary/aromatic N) is 2. The van der Waals surface area contributed by atoms with E-state index in [1.54, 1.807) is 0 Å². The van der Waals surface area contributed by atoms with Gasteiger partial charge in [0.2, 0.25) is 0 Å². The lowest BCUT2D eigenvalue weighted by molar-refractivity contribution is 0.302. The van der Waals surface area contributed by atoms with Crippen LogP contribution in [0.4, 0.5) is 5.82 Å². The van der Waals surface area contributed by atoms with Gasteiger partial charge in [0.25, 0.3) is 0 Å². The molecule has 0 atom stereocenters. The lowest BCUT2D eigenvalue weighted by atomic mass is 9.80. The molecule has 0 bridgehead atoms. The Morgan fingerprint density at radius 1 is 1.05 bits per heavy atom. The van der Waals surface area contributed by atoms with E-state index < -0.39 is 0 Å². The highest BCUT2D eigenvalue weighted by atomic mass is 127. The summed E-state index contributed by atoms with van der Waals surface area (Å²) in [5, 5.41) is 0. The van der Waals surface area contributed by atoms with E-state index in [1.165, 1.54) is 57.1 Å². The van der Waals surface area contributed by atoms with Crippen LogP contribution < -0.4 is 5.73 Å². The smallest absolute Gasteiger partial charge is 0.140 e. The molecular formula is C16H24IN3. The van der Waals surface area contributed by atoms with Gasteiger partial charge in [-0.05, 0) is 67.0 Å². The predicted molar refractivity (Wildman–Crippen MR) is 90.7 cm³/mol. The second-order valence-electron chi connectivity index (χ2n) is 6.45. The Morgan fingerprint density at radius 2 is 1.70 bits per heavy atom. The van der Waals surface area contributed by atoms with Crippen LogP contribution >= 0.6 is 22.6 Å². The molecule has 3 nitrogen and oxygen atoms in total. The van der Waals surface area contributed by atoms with Gasteiger partial charge in [-0.3, -0.25) is 0 Å². The third-order valence-corrected chi connectivity index (χ3v) is 5.90. The van der Waals surface area contributed by atoms with Crippen molar-refractivity contribution in [1.82, 2.24) is 9.97 Å². The Bertz CT molecular complexity index is 477. The molecule has 0 unspecified atom stereocenters. The summed E-state index contributed by atoms with van der Waals surface area (Å²) in [5.41, 5.74) is 7.34. The quantitative estimate of drug-likeness (QED) is 0.770. The highest BCUT2D eigenvalue weighted by molar-refractivity contribution is 14.1. The van der Waals surface area contributed by atoms with Crippen molar-refractivity contribution < 1.29 is 0 Å². The Hall–Kier alpha value is -0.390. The van der Waals surface area contributed by atoms with Crippen LogP contribution in [0.25, 0.3) is 0 Å². The molecule has 20 heavy (non-hydrogen) atoms. The van der Waals surface area contributed by atoms with E-state index in [0.29, 0.717) is 17.7 Å². The molecule has 1 heterocycles. The van der Waals surface area contributed by atoms with Crippen molar-refractivity contribution >= 4 is 28.4 Å². The van der Waals surface area contributed by atoms with E-state index in [9.17, 15) is 0 Å². The molecule has 2 saturated carbocycles. The number of aromatic nitrogens is 2. The van der Waals surface area contributed by atoms with Gasteiger partial charge in [-0.2, -0.15) is 0 Å². The molecule has 2 N–H and O–H groups in total. The normalized spacial score (nSPS) is 26.7. The number of halogens is 1. The van der Waals surface area contributed by atoms with Gasteiger partial charge < -0.3 is 5.73 Å². The molecule has 0 saturated heterocycles. The highest BCUT2D eigenvalue weighted by Crippen LogP contribution is 2.43. The molecule has 0 aromatic carbocycles. The van der Waals surface area contributed by atoms with Crippen molar-refractivity contribution in [2.45, 2.75) is 70.1 Å². The van der Waals surface area contributed by atoms with Crippen molar-refractivity contribution in [1.29, 1.82) is 0 Å². The van der Waals surface area contributed by atoms with Crippen LogP contribution in [0.2, 0.25) is 0 Å². The average molecular weight is 385 g/mol. The van der Waals surface area contributed by atoms with Crippen molar-refractivity contribution in [3.05, 3.63) is 15.1 Å². The van der Waals surface area contributed by atoms with Crippen LogP contribution in [0.5, 0.6) is 0 Å². The molecule has 2 aliphatic rings. The molecule has 0 radical (unpaired) electrons. The summed E-state index contributed by atoms with van der Waals surface area (Å²) in [7, 11) is 0. The molecule has 1 aromatic heterocycles. The van der Waals surface area contributed by atoms with E-state index in [1.807, 2.05) is 0 Å². The number of nitrogen functional groups attached to an aromatic ring is 1. The van der Waals surface area contributed by atoms with Gasteiger partial charge in [-0.15, -0.1) is 0 Å². The van der Waals surface area contributed by atoms with Gasteiger partial charge in [0.15, 0.2) is 0 Å². The summed E-state index contributed by atoms with van der Waals surface area (Å²) in [6.07, 6.45) is 10.4. The molecular weight excluding hydrogens is 361 g/mol. The van der Waals surface area contributed by atoms with Crippen LogP contribution in [0, 0.1) is 9.49 Å². The van der Waals surface area contributed by atoms with E-state index in [4.69, 9.17) is 10.7 Å². The fraction of sp³-hybridized carbons (Fsp3) is 0.750. The first-order valence-electron chi connectivity index (χ1n) is 8.01. The minimum atomic E-state index is 0.542. The number of anilines is 1. The maximum atomic E-state index is 6.11. The zero-order valence-corrected chi connectivity index (χ0v) is 14.4. The lowest BCUT2D eigenvalue weighted by Gasteiger charge is -2.27. The van der Waals surface area contributed by atoms with Gasteiger partial charge in [-0.25, -0.2) is 9.97 Å². The largest absolute Gasteiger partial charge is 0.383 e. The van der Waals surface area contributed by atoms with Gasteiger partial charge in [0.05, 0.1) is 9.26 Å². The second kappa shape index (κ2) is 6.16. The predicted octanol–water partition coefficient (Wildman–Crippen LogP) is 4.61. The zero-order chi connectivity index (χ0) is 14.1. The molecule has 110 valence electrons. The Labute approximate surface area is 135 Å². The third-order valence-electron chi connectivity index (χ3n) is 4.79. The Kier molecular flexibility index (Phi) is 4.48. The van der Waals surface area contributed by atoms with Crippen LogP contribution in [-0.4, -0.2) is 9.97 Å². The molecule has 1 aromatic rings. The maximum Gasteiger partial charge on any atom is 0.140 e. The standard InChI is InChI=1S/C16H24IN3/c1-2-3-10-4-6-12(7-5-10)16-19-14(11-8-9-11)13(17)15(18)20-16/h10-12H,2-9H2,1H3,(H2,18,19,20). The molecule has 0 amide bonds. The molecule has 0 spiro atoms. The van der Waals surface area contributed by atoms with Crippen molar-refractivity contribution in [3.8, 4) is 0 Å². The molecule has 2 fully saturated rings. The first-order chi connectivity index (χ1) is 9.69. The fourth-order valence-electron chi connectivity index (χ4n) is 3.43. The van der Waals surface area contributed by atoms with E-state index in [-0.39, 0.29) is 0 Å². The first kappa shape index (κ1) is 14.5. The molecule has 0 aliphatic heterocycles. The number of rotatable bonds is 4. The van der Waals surface area contributed by atoms with Crippen LogP contribution in [0.3, 0.4) is 0 Å². The van der Waals surface area contributed by atoms with Crippen LogP contribution in [0.15, 0.2) is 0 Å². The summed E-state index contributed by atoms with van der Waals surface area (Å²) in [6.45, 7) is 2.29. The minimum absolute atomic E-state index is 0.542. The van der Waals surface area contributed by atoms with Gasteiger partial charge >= 0.3 is 0 Å². The highest BCUT2D eigenvalue weighted by Gasteiger charge is 2.31. The fourth-order valence-corrected chi connectivity index (χ4v) is 4.11. The maximum absolute atomic E-state index is 6.11. The summed E-state index contributed by atoms with van der Waals surface area (Å²) in [5.74, 6) is 3.86. The van der Waals surface area contributed by atoms with Crippen molar-refractivity contribution in [2.75, 3.05) is 5.73 Å².